The molecular weight excluding hydrogens is 474 g/mol. The minimum Gasteiger partial charge on any atom is -0.338 e. The smallest absolute Gasteiger partial charge is 0.338 e. The van der Waals surface area contributed by atoms with Crippen LogP contribution in [-0.2, 0) is 6.18 Å². The van der Waals surface area contributed by atoms with Gasteiger partial charge in [0.05, 0.1) is 16.8 Å². The Bertz CT molecular complexity index is 1490. The lowest BCUT2D eigenvalue weighted by Gasteiger charge is -2.16. The van der Waals surface area contributed by atoms with Gasteiger partial charge in [-0.05, 0) is 48.9 Å². The number of nitriles is 1. The Kier molecular flexibility index (Phi) is 6.65. The number of hydrogen-bond acceptors (Lipinski definition) is 5. The van der Waals surface area contributed by atoms with Gasteiger partial charge in [0.25, 0.3) is 5.91 Å². The largest absolute Gasteiger partial charge is 0.416 e. The fourth-order valence-electron chi connectivity index (χ4n) is 3.40. The highest BCUT2D eigenvalue weighted by Crippen LogP contribution is 2.32. The second-order valence-corrected chi connectivity index (χ2v) is 7.81. The van der Waals surface area contributed by atoms with Crippen LogP contribution in [0.3, 0.4) is 0 Å². The molecule has 0 spiro atoms. The van der Waals surface area contributed by atoms with E-state index >= 15 is 0 Å². The summed E-state index contributed by atoms with van der Waals surface area (Å²) >= 11 is 0. The molecule has 0 saturated carbocycles. The first-order chi connectivity index (χ1) is 17.1. The highest BCUT2D eigenvalue weighted by molar-refractivity contribution is 6.06. The summed E-state index contributed by atoms with van der Waals surface area (Å²) in [5, 5.41) is 14.8. The molecule has 0 radical (unpaired) electrons. The minimum atomic E-state index is -4.82. The van der Waals surface area contributed by atoms with E-state index in [2.05, 4.69) is 20.6 Å². The van der Waals surface area contributed by atoms with Crippen molar-refractivity contribution >= 4 is 23.1 Å². The van der Waals surface area contributed by atoms with E-state index < -0.39 is 29.0 Å². The van der Waals surface area contributed by atoms with Gasteiger partial charge in [0.1, 0.15) is 11.9 Å². The summed E-state index contributed by atoms with van der Waals surface area (Å²) in [6, 6.07) is 14.0. The van der Waals surface area contributed by atoms with Crippen LogP contribution in [0.2, 0.25) is 0 Å². The summed E-state index contributed by atoms with van der Waals surface area (Å²) < 4.78 is 53.3. The zero-order valence-corrected chi connectivity index (χ0v) is 18.7. The van der Waals surface area contributed by atoms with E-state index in [-0.39, 0.29) is 11.5 Å². The molecule has 0 bridgehead atoms. The first kappa shape index (κ1) is 24.3. The van der Waals surface area contributed by atoms with Crippen molar-refractivity contribution in [1.29, 1.82) is 5.26 Å². The maximum Gasteiger partial charge on any atom is 0.416 e. The van der Waals surface area contributed by atoms with Crippen molar-refractivity contribution in [1.82, 2.24) is 9.97 Å². The minimum absolute atomic E-state index is 0.126. The second-order valence-electron chi connectivity index (χ2n) is 7.81. The monoisotopic (exact) mass is 491 g/mol. The molecule has 2 aromatic carbocycles. The van der Waals surface area contributed by atoms with Crippen molar-refractivity contribution < 1.29 is 22.4 Å². The molecule has 4 aromatic rings. The Morgan fingerprint density at radius 3 is 2.44 bits per heavy atom. The number of nitrogens with one attached hydrogen (secondary N) is 2. The number of aryl methyl sites for hydroxylation is 1. The SMILES string of the molecule is Cc1ccccc1Nc1ncc(-c2cncc(C#N)c2)cc1NC(=O)c1cc(F)cc(C(F)(F)F)c1. The topological polar surface area (TPSA) is 90.7 Å². The van der Waals surface area contributed by atoms with Crippen molar-refractivity contribution in [2.45, 2.75) is 13.1 Å². The maximum absolute atomic E-state index is 13.9. The molecule has 1 amide bonds. The van der Waals surface area contributed by atoms with Crippen LogP contribution in [0.25, 0.3) is 11.1 Å². The Hall–Kier alpha value is -4.78. The van der Waals surface area contributed by atoms with E-state index in [0.29, 0.717) is 34.5 Å². The Morgan fingerprint density at radius 1 is 0.972 bits per heavy atom. The number of aromatic nitrogens is 2. The van der Waals surface area contributed by atoms with Gasteiger partial charge >= 0.3 is 6.18 Å². The molecule has 2 N–H and O–H groups in total. The van der Waals surface area contributed by atoms with Crippen molar-refractivity contribution in [3.63, 3.8) is 0 Å². The Balaban J connectivity index is 1.76. The number of para-hydroxylation sites is 1. The number of carbonyl (C=O) groups is 1. The third-order valence-electron chi connectivity index (χ3n) is 5.22. The summed E-state index contributed by atoms with van der Waals surface area (Å²) in [6.45, 7) is 1.86. The fraction of sp³-hybridized carbons (Fsp3) is 0.0769. The third kappa shape index (κ3) is 5.47. The zero-order chi connectivity index (χ0) is 25.9. The molecule has 0 atom stereocenters. The molecule has 4 rings (SSSR count). The molecule has 0 fully saturated rings. The lowest BCUT2D eigenvalue weighted by Crippen LogP contribution is -2.16. The lowest BCUT2D eigenvalue weighted by atomic mass is 10.1. The molecule has 36 heavy (non-hydrogen) atoms. The van der Waals surface area contributed by atoms with E-state index in [1.165, 1.54) is 24.7 Å². The molecule has 10 heteroatoms. The van der Waals surface area contributed by atoms with Crippen molar-refractivity contribution in [2.24, 2.45) is 0 Å². The fourth-order valence-corrected chi connectivity index (χ4v) is 3.40. The predicted octanol–water partition coefficient (Wildman–Crippen LogP) is 6.48. The van der Waals surface area contributed by atoms with Gasteiger partial charge in [0, 0.05) is 41.0 Å². The molecule has 0 aliphatic heterocycles. The molecule has 6 nitrogen and oxygen atoms in total. The van der Waals surface area contributed by atoms with Crippen LogP contribution in [0, 0.1) is 24.1 Å². The van der Waals surface area contributed by atoms with Crippen molar-refractivity contribution in [2.75, 3.05) is 10.6 Å². The van der Waals surface area contributed by atoms with E-state index in [9.17, 15) is 22.4 Å². The van der Waals surface area contributed by atoms with Gasteiger partial charge in [-0.2, -0.15) is 18.4 Å². The summed E-state index contributed by atoms with van der Waals surface area (Å²) in [7, 11) is 0. The molecule has 0 saturated heterocycles. The van der Waals surface area contributed by atoms with Crippen LogP contribution in [0.4, 0.5) is 34.8 Å². The first-order valence-electron chi connectivity index (χ1n) is 10.5. The molecule has 2 heterocycles. The summed E-state index contributed by atoms with van der Waals surface area (Å²) in [6.07, 6.45) is -0.441. The second kappa shape index (κ2) is 9.84. The van der Waals surface area contributed by atoms with Crippen LogP contribution >= 0.6 is 0 Å². The van der Waals surface area contributed by atoms with Gasteiger partial charge in [-0.3, -0.25) is 9.78 Å². The number of rotatable bonds is 5. The Morgan fingerprint density at radius 2 is 1.72 bits per heavy atom. The van der Waals surface area contributed by atoms with Crippen molar-refractivity contribution in [3.8, 4) is 17.2 Å². The first-order valence-corrected chi connectivity index (χ1v) is 10.5. The Labute approximate surface area is 203 Å². The maximum atomic E-state index is 13.9. The van der Waals surface area contributed by atoms with Crippen LogP contribution < -0.4 is 10.6 Å². The third-order valence-corrected chi connectivity index (χ3v) is 5.22. The number of benzene rings is 2. The molecule has 0 aliphatic rings. The summed E-state index contributed by atoms with van der Waals surface area (Å²) in [5.74, 6) is -1.95. The number of amides is 1. The number of hydrogen-bond donors (Lipinski definition) is 2. The van der Waals surface area contributed by atoms with Crippen LogP contribution in [0.15, 0.2) is 73.2 Å². The summed E-state index contributed by atoms with van der Waals surface area (Å²) in [4.78, 5) is 21.3. The molecular formula is C26H17F4N5O. The van der Waals surface area contributed by atoms with Crippen LogP contribution in [0.1, 0.15) is 27.0 Å². The standard InChI is InChI=1S/C26H17F4N5O/c1-15-4-2-3-5-22(15)34-24-23(9-19(14-33-24)18-6-16(11-31)12-32-13-18)35-25(36)17-7-20(26(28,29)30)10-21(27)8-17/h2-10,12-14H,1H3,(H,33,34)(H,35,36). The van der Waals surface area contributed by atoms with Gasteiger partial charge in [-0.15, -0.1) is 0 Å². The van der Waals surface area contributed by atoms with Gasteiger partial charge in [-0.1, -0.05) is 18.2 Å². The normalized spacial score (nSPS) is 11.0. The highest BCUT2D eigenvalue weighted by Gasteiger charge is 2.32. The molecule has 2 aromatic heterocycles. The van der Waals surface area contributed by atoms with Crippen LogP contribution in [-0.4, -0.2) is 15.9 Å². The quantitative estimate of drug-likeness (QED) is 0.312. The number of alkyl halides is 3. The predicted molar refractivity (Wildman–Crippen MR) is 126 cm³/mol. The number of pyridine rings is 2. The van der Waals surface area contributed by atoms with E-state index in [0.717, 1.165) is 11.6 Å². The van der Waals surface area contributed by atoms with E-state index in [4.69, 9.17) is 5.26 Å². The van der Waals surface area contributed by atoms with E-state index in [1.54, 1.807) is 18.2 Å². The van der Waals surface area contributed by atoms with Gasteiger partial charge in [0.15, 0.2) is 5.82 Å². The number of anilines is 3. The van der Waals surface area contributed by atoms with Gasteiger partial charge < -0.3 is 10.6 Å². The molecule has 180 valence electrons. The van der Waals surface area contributed by atoms with Gasteiger partial charge in [-0.25, -0.2) is 9.37 Å². The van der Waals surface area contributed by atoms with Crippen LogP contribution in [0.5, 0.6) is 0 Å². The average molecular weight is 491 g/mol. The van der Waals surface area contributed by atoms with Gasteiger partial charge in [0.2, 0.25) is 0 Å². The lowest BCUT2D eigenvalue weighted by molar-refractivity contribution is -0.137. The highest BCUT2D eigenvalue weighted by atomic mass is 19.4. The molecule has 0 unspecified atom stereocenters. The number of halogens is 4. The molecule has 0 aliphatic carbocycles. The number of nitrogens with zero attached hydrogens (tertiary/aromatic N) is 3. The van der Waals surface area contributed by atoms with E-state index in [1.807, 2.05) is 25.1 Å². The zero-order valence-electron chi connectivity index (χ0n) is 18.7. The van der Waals surface area contributed by atoms with Crippen molar-refractivity contribution in [3.05, 3.63) is 101 Å². The average Bonchev–Trinajstić information content (AvgIpc) is 2.85. The number of carbonyl (C=O) groups excluding carboxylic acids is 1. The summed E-state index contributed by atoms with van der Waals surface area (Å²) in [5.41, 5.74) is 1.23.